The van der Waals surface area contributed by atoms with Gasteiger partial charge in [0.05, 0.1) is 5.69 Å². The van der Waals surface area contributed by atoms with Crippen molar-refractivity contribution < 1.29 is 4.79 Å². The van der Waals surface area contributed by atoms with Crippen molar-refractivity contribution >= 4 is 23.1 Å². The van der Waals surface area contributed by atoms with Gasteiger partial charge in [-0.05, 0) is 18.2 Å². The molecule has 1 N–H and O–H groups in total. The third-order valence-electron chi connectivity index (χ3n) is 2.42. The lowest BCUT2D eigenvalue weighted by Crippen LogP contribution is -2.23. The molecular weight excluding hydrogens is 230 g/mol. The van der Waals surface area contributed by atoms with Gasteiger partial charge in [0.15, 0.2) is 0 Å². The number of rotatable bonds is 3. The van der Waals surface area contributed by atoms with E-state index < -0.39 is 0 Å². The van der Waals surface area contributed by atoms with Crippen LogP contribution in [0.1, 0.15) is 6.92 Å². The van der Waals surface area contributed by atoms with Crippen molar-refractivity contribution in [1.29, 1.82) is 0 Å². The van der Waals surface area contributed by atoms with Gasteiger partial charge in [-0.2, -0.15) is 0 Å². The van der Waals surface area contributed by atoms with Crippen LogP contribution >= 0.6 is 0 Å². The normalized spacial score (nSPS) is 9.89. The summed E-state index contributed by atoms with van der Waals surface area (Å²) in [6.45, 7) is 1.45. The van der Waals surface area contributed by atoms with Crippen LogP contribution in [0.4, 0.5) is 17.2 Å². The average Bonchev–Trinajstić information content (AvgIpc) is 2.40. The maximum atomic E-state index is 11.7. The lowest BCUT2D eigenvalue weighted by Gasteiger charge is -2.21. The van der Waals surface area contributed by atoms with Crippen LogP contribution in [0.3, 0.4) is 0 Å². The van der Waals surface area contributed by atoms with E-state index in [-0.39, 0.29) is 5.91 Å². The van der Waals surface area contributed by atoms with Crippen molar-refractivity contribution in [2.75, 3.05) is 10.4 Å². The number of nitrogens with zero attached hydrogens (tertiary/aromatic N) is 2. The van der Waals surface area contributed by atoms with Gasteiger partial charge in [-0.25, -0.2) is 4.98 Å². The molecule has 1 aromatic heterocycles. The van der Waals surface area contributed by atoms with Crippen LogP contribution in [0, 0.1) is 5.21 Å². The molecule has 0 fully saturated rings. The van der Waals surface area contributed by atoms with Crippen molar-refractivity contribution in [3.63, 3.8) is 0 Å². The molecule has 1 aromatic carbocycles. The van der Waals surface area contributed by atoms with Gasteiger partial charge in [-0.15, -0.1) is 0 Å². The predicted octanol–water partition coefficient (Wildman–Crippen LogP) is 2.68. The highest BCUT2D eigenvalue weighted by Gasteiger charge is 2.14. The van der Waals surface area contributed by atoms with E-state index in [4.69, 9.17) is 0 Å². The first-order valence-corrected chi connectivity index (χ1v) is 5.42. The lowest BCUT2D eigenvalue weighted by atomic mass is 10.2. The van der Waals surface area contributed by atoms with E-state index in [0.717, 1.165) is 0 Å². The van der Waals surface area contributed by atoms with E-state index in [1.54, 1.807) is 23.7 Å². The number of carbonyl (C=O) groups excluding carboxylic acids is 1. The van der Waals surface area contributed by atoms with E-state index in [0.29, 0.717) is 17.2 Å². The lowest BCUT2D eigenvalue weighted by molar-refractivity contribution is -0.115. The summed E-state index contributed by atoms with van der Waals surface area (Å²) >= 11 is 0. The van der Waals surface area contributed by atoms with Crippen LogP contribution < -0.4 is 10.4 Å². The molecule has 0 aliphatic carbocycles. The number of amides is 1. The van der Waals surface area contributed by atoms with E-state index in [1.165, 1.54) is 24.1 Å². The Morgan fingerprint density at radius 1 is 1.28 bits per heavy atom. The molecule has 2 rings (SSSR count). The minimum atomic E-state index is -0.170. The molecule has 18 heavy (non-hydrogen) atoms. The molecule has 0 aliphatic heterocycles. The fourth-order valence-corrected chi connectivity index (χ4v) is 1.66. The molecule has 0 bridgehead atoms. The number of benzene rings is 1. The zero-order chi connectivity index (χ0) is 13.0. The van der Waals surface area contributed by atoms with Gasteiger partial charge >= 0.3 is 0 Å². The molecule has 0 atom stereocenters. The van der Waals surface area contributed by atoms with Gasteiger partial charge in [0, 0.05) is 24.9 Å². The van der Waals surface area contributed by atoms with Crippen LogP contribution in [0.2, 0.25) is 0 Å². The Hall–Kier alpha value is -2.40. The molecule has 5 nitrogen and oxygen atoms in total. The Morgan fingerprint density at radius 3 is 2.61 bits per heavy atom. The summed E-state index contributed by atoms with van der Waals surface area (Å²) in [6.07, 6.45) is 1.48. The second kappa shape index (κ2) is 5.29. The Morgan fingerprint density at radius 2 is 2.00 bits per heavy atom. The maximum Gasteiger partial charge on any atom is 0.229 e. The molecule has 0 radical (unpaired) electrons. The first-order chi connectivity index (χ1) is 8.72. The minimum Gasteiger partial charge on any atom is -0.761 e. The largest absolute Gasteiger partial charge is 0.761 e. The van der Waals surface area contributed by atoms with Crippen LogP contribution in [0.5, 0.6) is 0 Å². The molecule has 0 unspecified atom stereocenters. The Labute approximate surface area is 105 Å². The Bertz CT molecular complexity index is 543. The topological polar surface area (TPSA) is 68.3 Å². The summed E-state index contributed by atoms with van der Waals surface area (Å²) in [5.74, 6) is 0.242. The summed E-state index contributed by atoms with van der Waals surface area (Å²) in [5, 5.41) is 10.6. The van der Waals surface area contributed by atoms with E-state index >= 15 is 0 Å². The van der Waals surface area contributed by atoms with Crippen LogP contribution in [0.15, 0.2) is 48.7 Å². The maximum absolute atomic E-state index is 11.7. The molecule has 5 heteroatoms. The first-order valence-electron chi connectivity index (χ1n) is 5.42. The van der Waals surface area contributed by atoms with E-state index in [9.17, 15) is 10.0 Å². The van der Waals surface area contributed by atoms with Crippen molar-refractivity contribution in [3.8, 4) is 0 Å². The summed E-state index contributed by atoms with van der Waals surface area (Å²) in [7, 11) is 0. The molecule has 2 aromatic rings. The van der Waals surface area contributed by atoms with Crippen LogP contribution in [0.25, 0.3) is 0 Å². The number of hydrogen-bond donors (Lipinski definition) is 1. The van der Waals surface area contributed by atoms with Crippen molar-refractivity contribution in [1.82, 2.24) is 4.98 Å². The van der Waals surface area contributed by atoms with Crippen molar-refractivity contribution in [3.05, 3.63) is 53.9 Å². The first kappa shape index (κ1) is 12.1. The zero-order valence-corrected chi connectivity index (χ0v) is 9.83. The quantitative estimate of drug-likeness (QED) is 0.840. The van der Waals surface area contributed by atoms with Gasteiger partial charge in [0.25, 0.3) is 0 Å². The van der Waals surface area contributed by atoms with Crippen LogP contribution in [-0.4, -0.2) is 10.9 Å². The van der Waals surface area contributed by atoms with Gasteiger partial charge in [-0.1, -0.05) is 18.2 Å². The van der Waals surface area contributed by atoms with Gasteiger partial charge in [0.2, 0.25) is 5.91 Å². The van der Waals surface area contributed by atoms with Crippen molar-refractivity contribution in [2.45, 2.75) is 6.92 Å². The molecule has 92 valence electrons. The number of pyridine rings is 1. The molecular formula is C13H12N3O2-. The smallest absolute Gasteiger partial charge is 0.229 e. The highest BCUT2D eigenvalue weighted by atomic mass is 16.5. The van der Waals surface area contributed by atoms with Crippen LogP contribution in [-0.2, 0) is 4.79 Å². The Balaban J connectivity index is 2.45. The fourth-order valence-electron chi connectivity index (χ4n) is 1.66. The second-order valence-electron chi connectivity index (χ2n) is 3.69. The number of carbonyl (C=O) groups is 1. The number of para-hydroxylation sites is 1. The van der Waals surface area contributed by atoms with E-state index in [1.807, 2.05) is 18.2 Å². The number of aromatic nitrogens is 1. The highest BCUT2D eigenvalue weighted by Crippen LogP contribution is 2.25. The van der Waals surface area contributed by atoms with E-state index in [2.05, 4.69) is 4.98 Å². The molecule has 1 amide bonds. The third-order valence-corrected chi connectivity index (χ3v) is 2.42. The SMILES string of the molecule is CC(=O)N(c1ccccc1)c1cc(N[O-])ccn1. The second-order valence-corrected chi connectivity index (χ2v) is 3.69. The fraction of sp³-hybridized carbons (Fsp3) is 0.0769. The van der Waals surface area contributed by atoms with Crippen molar-refractivity contribution in [2.24, 2.45) is 0 Å². The minimum absolute atomic E-state index is 0.170. The molecule has 1 heterocycles. The summed E-state index contributed by atoms with van der Waals surface area (Å²) in [6, 6.07) is 12.2. The van der Waals surface area contributed by atoms with Gasteiger partial charge < -0.3 is 10.7 Å². The van der Waals surface area contributed by atoms with Gasteiger partial charge in [-0.3, -0.25) is 9.69 Å². The zero-order valence-electron chi connectivity index (χ0n) is 9.83. The number of nitrogens with one attached hydrogen (secondary N) is 1. The molecule has 0 spiro atoms. The Kier molecular flexibility index (Phi) is 3.54. The molecule has 0 saturated heterocycles. The molecule has 0 saturated carbocycles. The van der Waals surface area contributed by atoms with Gasteiger partial charge in [0.1, 0.15) is 5.82 Å². The standard InChI is InChI=1S/C13H12N3O2/c1-10(17)16(12-5-3-2-4-6-12)13-9-11(15-18)7-8-14-13/h2-9H,1H3,(H-,14,15,18)/q-1. The number of hydrogen-bond acceptors (Lipinski definition) is 4. The number of anilines is 3. The summed E-state index contributed by atoms with van der Waals surface area (Å²) < 4.78 is 0. The molecule has 0 aliphatic rings. The monoisotopic (exact) mass is 242 g/mol. The predicted molar refractivity (Wildman–Crippen MR) is 70.5 cm³/mol. The summed E-state index contributed by atoms with van der Waals surface area (Å²) in [4.78, 5) is 17.3. The average molecular weight is 242 g/mol. The highest BCUT2D eigenvalue weighted by molar-refractivity contribution is 5.98. The summed E-state index contributed by atoms with van der Waals surface area (Å²) in [5.41, 5.74) is 2.86. The third kappa shape index (κ3) is 2.46.